The van der Waals surface area contributed by atoms with Gasteiger partial charge in [-0.15, -0.1) is 0 Å². The number of anilines is 2. The Kier molecular flexibility index (Phi) is 5.81. The highest BCUT2D eigenvalue weighted by Crippen LogP contribution is 2.27. The fraction of sp³-hybridized carbons (Fsp3) is 0.316. The first kappa shape index (κ1) is 19.0. The van der Waals surface area contributed by atoms with Crippen molar-refractivity contribution in [3.63, 3.8) is 0 Å². The van der Waals surface area contributed by atoms with Gasteiger partial charge in [-0.1, -0.05) is 11.6 Å². The molecule has 0 bridgehead atoms. The highest BCUT2D eigenvalue weighted by Gasteiger charge is 2.19. The van der Waals surface area contributed by atoms with Gasteiger partial charge in [0.25, 0.3) is 5.91 Å². The average molecular weight is 389 g/mol. The third-order valence-electron chi connectivity index (χ3n) is 4.48. The largest absolute Gasteiger partial charge is 0.495 e. The van der Waals surface area contributed by atoms with Crippen molar-refractivity contribution in [3.8, 4) is 5.75 Å². The van der Waals surface area contributed by atoms with Crippen molar-refractivity contribution >= 4 is 34.8 Å². The quantitative estimate of drug-likeness (QED) is 0.871. The summed E-state index contributed by atoms with van der Waals surface area (Å²) in [5, 5.41) is 3.19. The molecule has 2 aromatic rings. The molecule has 1 aromatic heterocycles. The summed E-state index contributed by atoms with van der Waals surface area (Å²) in [6.07, 6.45) is 1.68. The van der Waals surface area contributed by atoms with Gasteiger partial charge in [-0.3, -0.25) is 9.59 Å². The summed E-state index contributed by atoms with van der Waals surface area (Å²) in [5.41, 5.74) is 1.81. The SMILES string of the molecule is COc1ccc(NC(=O)c2ccc(N3CCN(C(C)=O)CC3)cn2)cc1Cl. The van der Waals surface area contributed by atoms with Gasteiger partial charge in [0.1, 0.15) is 11.4 Å². The molecule has 0 unspecified atom stereocenters. The molecular weight excluding hydrogens is 368 g/mol. The van der Waals surface area contributed by atoms with Crippen LogP contribution in [-0.4, -0.2) is 55.0 Å². The van der Waals surface area contributed by atoms with Gasteiger partial charge in [0.15, 0.2) is 0 Å². The van der Waals surface area contributed by atoms with Crippen molar-refractivity contribution in [2.45, 2.75) is 6.92 Å². The van der Waals surface area contributed by atoms with Crippen LogP contribution < -0.4 is 15.0 Å². The summed E-state index contributed by atoms with van der Waals surface area (Å²) in [6.45, 7) is 4.46. The minimum Gasteiger partial charge on any atom is -0.495 e. The normalized spacial score (nSPS) is 14.0. The van der Waals surface area contributed by atoms with Crippen LogP contribution in [0.2, 0.25) is 5.02 Å². The van der Waals surface area contributed by atoms with Gasteiger partial charge in [-0.2, -0.15) is 0 Å². The molecule has 142 valence electrons. The number of nitrogens with one attached hydrogen (secondary N) is 1. The third kappa shape index (κ3) is 4.49. The summed E-state index contributed by atoms with van der Waals surface area (Å²) in [6, 6.07) is 8.58. The molecule has 2 heterocycles. The van der Waals surface area contributed by atoms with Gasteiger partial charge < -0.3 is 19.9 Å². The molecule has 8 heteroatoms. The second kappa shape index (κ2) is 8.26. The molecule has 1 aliphatic heterocycles. The van der Waals surface area contributed by atoms with E-state index in [-0.39, 0.29) is 11.8 Å². The molecular formula is C19H21ClN4O3. The predicted octanol–water partition coefficient (Wildman–Crippen LogP) is 2.66. The van der Waals surface area contributed by atoms with E-state index in [1.807, 2.05) is 11.0 Å². The number of benzene rings is 1. The number of carbonyl (C=O) groups excluding carboxylic acids is 2. The summed E-state index contributed by atoms with van der Waals surface area (Å²) >= 11 is 6.07. The van der Waals surface area contributed by atoms with Crippen molar-refractivity contribution in [1.29, 1.82) is 0 Å². The predicted molar refractivity (Wildman–Crippen MR) is 105 cm³/mol. The first-order valence-electron chi connectivity index (χ1n) is 8.59. The minimum atomic E-state index is -0.316. The lowest BCUT2D eigenvalue weighted by molar-refractivity contribution is -0.129. The Bertz CT molecular complexity index is 833. The number of pyridine rings is 1. The van der Waals surface area contributed by atoms with Crippen molar-refractivity contribution in [2.75, 3.05) is 43.5 Å². The van der Waals surface area contributed by atoms with Gasteiger partial charge in [0.05, 0.1) is 24.0 Å². The molecule has 0 aliphatic carbocycles. The van der Waals surface area contributed by atoms with Gasteiger partial charge in [0.2, 0.25) is 5.91 Å². The fourth-order valence-corrected chi connectivity index (χ4v) is 3.18. The Hall–Kier alpha value is -2.80. The fourth-order valence-electron chi connectivity index (χ4n) is 2.93. The maximum Gasteiger partial charge on any atom is 0.274 e. The molecule has 0 radical (unpaired) electrons. The Labute approximate surface area is 162 Å². The molecule has 1 aliphatic rings. The number of aromatic nitrogens is 1. The number of methoxy groups -OCH3 is 1. The van der Waals surface area contributed by atoms with Crippen LogP contribution in [0.4, 0.5) is 11.4 Å². The highest BCUT2D eigenvalue weighted by atomic mass is 35.5. The zero-order valence-corrected chi connectivity index (χ0v) is 16.0. The van der Waals surface area contributed by atoms with Crippen LogP contribution in [0, 0.1) is 0 Å². The van der Waals surface area contributed by atoms with Crippen LogP contribution in [-0.2, 0) is 4.79 Å². The first-order chi connectivity index (χ1) is 13.0. The van der Waals surface area contributed by atoms with Crippen LogP contribution in [0.15, 0.2) is 36.5 Å². The number of rotatable bonds is 4. The monoisotopic (exact) mass is 388 g/mol. The number of halogens is 1. The number of hydrogen-bond acceptors (Lipinski definition) is 5. The summed E-state index contributed by atoms with van der Waals surface area (Å²) in [5.74, 6) is 0.324. The Balaban J connectivity index is 1.62. The number of nitrogens with zero attached hydrogens (tertiary/aromatic N) is 3. The van der Waals surface area contributed by atoms with E-state index in [9.17, 15) is 9.59 Å². The Morgan fingerprint density at radius 1 is 1.15 bits per heavy atom. The van der Waals surface area contributed by atoms with Gasteiger partial charge in [-0.25, -0.2) is 4.98 Å². The zero-order valence-electron chi connectivity index (χ0n) is 15.2. The summed E-state index contributed by atoms with van der Waals surface area (Å²) < 4.78 is 5.10. The molecule has 27 heavy (non-hydrogen) atoms. The lowest BCUT2D eigenvalue weighted by Gasteiger charge is -2.35. The second-order valence-corrected chi connectivity index (χ2v) is 6.61. The van der Waals surface area contributed by atoms with E-state index in [0.717, 1.165) is 18.8 Å². The lowest BCUT2D eigenvalue weighted by Crippen LogP contribution is -2.48. The van der Waals surface area contributed by atoms with Crippen molar-refractivity contribution in [1.82, 2.24) is 9.88 Å². The summed E-state index contributed by atoms with van der Waals surface area (Å²) in [4.78, 5) is 32.0. The number of carbonyl (C=O) groups is 2. The van der Waals surface area contributed by atoms with Gasteiger partial charge >= 0.3 is 0 Å². The molecule has 1 N–H and O–H groups in total. The first-order valence-corrected chi connectivity index (χ1v) is 8.97. The topological polar surface area (TPSA) is 74.8 Å². The van der Waals surface area contributed by atoms with Gasteiger partial charge in [0, 0.05) is 38.8 Å². The highest BCUT2D eigenvalue weighted by molar-refractivity contribution is 6.32. The molecule has 1 saturated heterocycles. The summed E-state index contributed by atoms with van der Waals surface area (Å²) in [7, 11) is 1.53. The van der Waals surface area contributed by atoms with Crippen LogP contribution in [0.1, 0.15) is 17.4 Å². The molecule has 0 spiro atoms. The maximum atomic E-state index is 12.4. The number of hydrogen-bond donors (Lipinski definition) is 1. The van der Waals surface area contributed by atoms with E-state index in [2.05, 4.69) is 15.2 Å². The van der Waals surface area contributed by atoms with Crippen LogP contribution in [0.3, 0.4) is 0 Å². The molecule has 7 nitrogen and oxygen atoms in total. The van der Waals surface area contributed by atoms with Crippen molar-refractivity contribution < 1.29 is 14.3 Å². The molecule has 3 rings (SSSR count). The second-order valence-electron chi connectivity index (χ2n) is 6.20. The van der Waals surface area contributed by atoms with Crippen LogP contribution >= 0.6 is 11.6 Å². The molecule has 0 saturated carbocycles. The van der Waals surface area contributed by atoms with Crippen molar-refractivity contribution in [3.05, 3.63) is 47.2 Å². The van der Waals surface area contributed by atoms with E-state index in [1.54, 1.807) is 37.4 Å². The smallest absolute Gasteiger partial charge is 0.274 e. The molecule has 2 amide bonds. The van der Waals surface area contributed by atoms with Crippen LogP contribution in [0.5, 0.6) is 5.75 Å². The molecule has 1 fully saturated rings. The van der Waals surface area contributed by atoms with E-state index in [1.165, 1.54) is 7.11 Å². The average Bonchev–Trinajstić information content (AvgIpc) is 2.68. The number of ether oxygens (including phenoxy) is 1. The van der Waals surface area contributed by atoms with Gasteiger partial charge in [-0.05, 0) is 30.3 Å². The third-order valence-corrected chi connectivity index (χ3v) is 4.78. The van der Waals surface area contributed by atoms with E-state index < -0.39 is 0 Å². The van der Waals surface area contributed by atoms with E-state index in [0.29, 0.717) is 35.2 Å². The van der Waals surface area contributed by atoms with E-state index in [4.69, 9.17) is 16.3 Å². The molecule has 1 aromatic carbocycles. The van der Waals surface area contributed by atoms with Crippen molar-refractivity contribution in [2.24, 2.45) is 0 Å². The standard InChI is InChI=1S/C19H21ClN4O3/c1-13(25)23-7-9-24(10-8-23)15-4-5-17(21-12-15)19(26)22-14-3-6-18(27-2)16(20)11-14/h3-6,11-12H,7-10H2,1-2H3,(H,22,26). The number of amides is 2. The Morgan fingerprint density at radius 2 is 1.89 bits per heavy atom. The zero-order chi connectivity index (χ0) is 19.4. The molecule has 0 atom stereocenters. The van der Waals surface area contributed by atoms with E-state index >= 15 is 0 Å². The lowest BCUT2D eigenvalue weighted by atomic mass is 10.2. The Morgan fingerprint density at radius 3 is 2.44 bits per heavy atom. The maximum absolute atomic E-state index is 12.4. The minimum absolute atomic E-state index is 0.0958. The van der Waals surface area contributed by atoms with Crippen LogP contribution in [0.25, 0.3) is 0 Å². The number of piperazine rings is 1.